The minimum Gasteiger partial charge on any atom is -0.353 e. The molecule has 8 heteroatoms. The molecule has 0 unspecified atom stereocenters. The standard InChI is InChI=1S/C24H32BrClFN5/c1-2-20-16-31(24-22(26)11-17(13-28)14-29-24)9-10-32(20)21-5-7-30(8-6-21)15-18-3-4-19(25)12-23(18)27/h3-4,11-12,14,20-21H,2,5-10,13,15-16,28H2,1H3/t20-/m0/s1. The van der Waals surface area contributed by atoms with Gasteiger partial charge in [-0.1, -0.05) is 40.5 Å². The van der Waals surface area contributed by atoms with Gasteiger partial charge in [0, 0.05) is 61.0 Å². The Morgan fingerprint density at radius 3 is 2.62 bits per heavy atom. The van der Waals surface area contributed by atoms with E-state index in [0.29, 0.717) is 30.2 Å². The lowest BCUT2D eigenvalue weighted by atomic mass is 9.97. The second-order valence-electron chi connectivity index (χ2n) is 8.84. The number of piperidine rings is 1. The van der Waals surface area contributed by atoms with Gasteiger partial charge < -0.3 is 10.6 Å². The van der Waals surface area contributed by atoms with E-state index >= 15 is 0 Å². The number of hydrogen-bond donors (Lipinski definition) is 1. The van der Waals surface area contributed by atoms with Crippen molar-refractivity contribution in [2.75, 3.05) is 37.6 Å². The van der Waals surface area contributed by atoms with Crippen LogP contribution in [0.25, 0.3) is 0 Å². The Hall–Kier alpha value is -1.25. The van der Waals surface area contributed by atoms with Crippen LogP contribution in [0.2, 0.25) is 5.02 Å². The van der Waals surface area contributed by atoms with E-state index in [9.17, 15) is 4.39 Å². The van der Waals surface area contributed by atoms with Crippen LogP contribution in [0.1, 0.15) is 37.3 Å². The topological polar surface area (TPSA) is 48.6 Å². The van der Waals surface area contributed by atoms with Gasteiger partial charge in [-0.05, 0) is 56.1 Å². The molecule has 0 saturated carbocycles. The van der Waals surface area contributed by atoms with Crippen molar-refractivity contribution in [2.45, 2.75) is 51.4 Å². The number of nitrogens with zero attached hydrogens (tertiary/aromatic N) is 4. The zero-order valence-corrected chi connectivity index (χ0v) is 21.0. The number of piperazine rings is 1. The molecule has 174 valence electrons. The summed E-state index contributed by atoms with van der Waals surface area (Å²) in [7, 11) is 0. The molecule has 2 fully saturated rings. The van der Waals surface area contributed by atoms with Crippen molar-refractivity contribution in [3.63, 3.8) is 0 Å². The number of likely N-dealkylation sites (tertiary alicyclic amines) is 1. The number of nitrogens with two attached hydrogens (primary N) is 1. The monoisotopic (exact) mass is 523 g/mol. The largest absolute Gasteiger partial charge is 0.353 e. The molecule has 0 aliphatic carbocycles. The molecule has 2 saturated heterocycles. The Morgan fingerprint density at radius 1 is 1.19 bits per heavy atom. The summed E-state index contributed by atoms with van der Waals surface area (Å²) in [5.41, 5.74) is 7.45. The summed E-state index contributed by atoms with van der Waals surface area (Å²) in [5.74, 6) is 0.740. The number of halogens is 3. The van der Waals surface area contributed by atoms with Crippen LogP contribution < -0.4 is 10.6 Å². The molecular weight excluding hydrogens is 493 g/mol. The molecule has 1 aromatic carbocycles. The van der Waals surface area contributed by atoms with Crippen LogP contribution >= 0.6 is 27.5 Å². The molecular formula is C24H32BrClFN5. The van der Waals surface area contributed by atoms with Crippen LogP contribution in [0.15, 0.2) is 34.9 Å². The molecule has 2 aromatic rings. The van der Waals surface area contributed by atoms with Crippen LogP contribution in [-0.4, -0.2) is 59.6 Å². The molecule has 2 N–H and O–H groups in total. The maximum atomic E-state index is 14.2. The first-order chi connectivity index (χ1) is 15.5. The maximum Gasteiger partial charge on any atom is 0.147 e. The van der Waals surface area contributed by atoms with Gasteiger partial charge in [-0.2, -0.15) is 0 Å². The fourth-order valence-corrected chi connectivity index (χ4v) is 5.66. The molecule has 2 aliphatic rings. The summed E-state index contributed by atoms with van der Waals surface area (Å²) in [4.78, 5) is 12.0. The minimum absolute atomic E-state index is 0.129. The highest BCUT2D eigenvalue weighted by atomic mass is 79.9. The van der Waals surface area contributed by atoms with Crippen LogP contribution in [0, 0.1) is 5.82 Å². The van der Waals surface area contributed by atoms with Crippen LogP contribution in [-0.2, 0) is 13.1 Å². The smallest absolute Gasteiger partial charge is 0.147 e. The van der Waals surface area contributed by atoms with Gasteiger partial charge in [-0.15, -0.1) is 0 Å². The molecule has 3 heterocycles. The van der Waals surface area contributed by atoms with E-state index in [1.165, 1.54) is 0 Å². The molecule has 1 aromatic heterocycles. The second kappa shape index (κ2) is 10.8. The van der Waals surface area contributed by atoms with Crippen molar-refractivity contribution in [1.82, 2.24) is 14.8 Å². The molecule has 0 spiro atoms. The lowest BCUT2D eigenvalue weighted by Gasteiger charge is -2.47. The number of anilines is 1. The van der Waals surface area contributed by atoms with Gasteiger partial charge in [-0.25, -0.2) is 9.37 Å². The number of benzene rings is 1. The average molecular weight is 525 g/mol. The Labute approximate surface area is 203 Å². The first-order valence-corrected chi connectivity index (χ1v) is 12.7. The first-order valence-electron chi connectivity index (χ1n) is 11.5. The Morgan fingerprint density at radius 2 is 1.97 bits per heavy atom. The van der Waals surface area contributed by atoms with E-state index in [0.717, 1.165) is 73.4 Å². The zero-order valence-electron chi connectivity index (χ0n) is 18.6. The summed E-state index contributed by atoms with van der Waals surface area (Å²) in [6.45, 7) is 8.28. The predicted molar refractivity (Wildman–Crippen MR) is 133 cm³/mol. The molecule has 0 amide bonds. The third-order valence-corrected chi connectivity index (χ3v) is 7.62. The lowest BCUT2D eigenvalue weighted by Crippen LogP contribution is -2.58. The van der Waals surface area contributed by atoms with E-state index in [1.807, 2.05) is 24.4 Å². The summed E-state index contributed by atoms with van der Waals surface area (Å²) in [6.07, 6.45) is 5.18. The van der Waals surface area contributed by atoms with Gasteiger partial charge in [0.25, 0.3) is 0 Å². The van der Waals surface area contributed by atoms with Crippen LogP contribution in [0.3, 0.4) is 0 Å². The first kappa shape index (κ1) is 23.9. The molecule has 5 nitrogen and oxygen atoms in total. The highest BCUT2D eigenvalue weighted by Crippen LogP contribution is 2.30. The van der Waals surface area contributed by atoms with Crippen LogP contribution in [0.4, 0.5) is 10.2 Å². The Kier molecular flexibility index (Phi) is 8.05. The van der Waals surface area contributed by atoms with Crippen molar-refractivity contribution >= 4 is 33.3 Å². The minimum atomic E-state index is -0.129. The van der Waals surface area contributed by atoms with Crippen molar-refractivity contribution in [2.24, 2.45) is 5.73 Å². The van der Waals surface area contributed by atoms with Crippen LogP contribution in [0.5, 0.6) is 0 Å². The second-order valence-corrected chi connectivity index (χ2v) is 10.2. The highest BCUT2D eigenvalue weighted by Gasteiger charge is 2.34. The van der Waals surface area contributed by atoms with Gasteiger partial charge >= 0.3 is 0 Å². The molecule has 0 bridgehead atoms. The summed E-state index contributed by atoms with van der Waals surface area (Å²) < 4.78 is 15.0. The number of hydrogen-bond acceptors (Lipinski definition) is 5. The quantitative estimate of drug-likeness (QED) is 0.596. The van der Waals surface area contributed by atoms with Crippen molar-refractivity contribution < 1.29 is 4.39 Å². The molecule has 4 rings (SSSR count). The summed E-state index contributed by atoms with van der Waals surface area (Å²) in [5, 5.41) is 0.685. The Bertz CT molecular complexity index is 921. The van der Waals surface area contributed by atoms with Gasteiger partial charge in [0.15, 0.2) is 0 Å². The van der Waals surface area contributed by atoms with E-state index in [2.05, 4.69) is 42.5 Å². The van der Waals surface area contributed by atoms with Crippen molar-refractivity contribution in [3.8, 4) is 0 Å². The summed E-state index contributed by atoms with van der Waals surface area (Å²) in [6, 6.07) is 8.35. The summed E-state index contributed by atoms with van der Waals surface area (Å²) >= 11 is 9.85. The third-order valence-electron chi connectivity index (χ3n) is 6.85. The van der Waals surface area contributed by atoms with Gasteiger partial charge in [0.2, 0.25) is 0 Å². The van der Waals surface area contributed by atoms with E-state index in [-0.39, 0.29) is 5.82 Å². The zero-order chi connectivity index (χ0) is 22.7. The van der Waals surface area contributed by atoms with E-state index in [4.69, 9.17) is 17.3 Å². The normalized spacial score (nSPS) is 21.3. The van der Waals surface area contributed by atoms with E-state index < -0.39 is 0 Å². The third kappa shape index (κ3) is 5.45. The SMILES string of the molecule is CC[C@H]1CN(c2ncc(CN)cc2Cl)CCN1C1CCN(Cc2ccc(Br)cc2F)CC1. The predicted octanol–water partition coefficient (Wildman–Crippen LogP) is 4.66. The van der Waals surface area contributed by atoms with E-state index in [1.54, 1.807) is 6.07 Å². The van der Waals surface area contributed by atoms with Gasteiger partial charge in [0.05, 0.1) is 5.02 Å². The van der Waals surface area contributed by atoms with Crippen molar-refractivity contribution in [1.29, 1.82) is 0 Å². The Balaban J connectivity index is 1.34. The maximum absolute atomic E-state index is 14.2. The molecule has 0 radical (unpaired) electrons. The fourth-order valence-electron chi connectivity index (χ4n) is 5.02. The number of pyridine rings is 1. The average Bonchev–Trinajstić information content (AvgIpc) is 2.81. The number of aromatic nitrogens is 1. The number of rotatable bonds is 6. The highest BCUT2D eigenvalue weighted by molar-refractivity contribution is 9.10. The molecule has 32 heavy (non-hydrogen) atoms. The molecule has 2 aliphatic heterocycles. The fraction of sp³-hybridized carbons (Fsp3) is 0.542. The molecule has 1 atom stereocenters. The lowest BCUT2D eigenvalue weighted by molar-refractivity contribution is 0.0607. The van der Waals surface area contributed by atoms with Gasteiger partial charge in [0.1, 0.15) is 11.6 Å². The van der Waals surface area contributed by atoms with Gasteiger partial charge in [-0.3, -0.25) is 9.80 Å². The van der Waals surface area contributed by atoms with Crippen molar-refractivity contribution in [3.05, 3.63) is 56.9 Å².